The van der Waals surface area contributed by atoms with Crippen molar-refractivity contribution in [3.63, 3.8) is 0 Å². The third kappa shape index (κ3) is 5.25. The van der Waals surface area contributed by atoms with E-state index in [1.54, 1.807) is 0 Å². The molecule has 2 aromatic carbocycles. The number of fused-ring (bicyclic) bond motifs is 1. The molecule has 0 bridgehead atoms. The normalized spacial score (nSPS) is 20.9. The molecule has 3 aromatic rings. The highest BCUT2D eigenvalue weighted by Crippen LogP contribution is 2.41. The van der Waals surface area contributed by atoms with E-state index in [0.29, 0.717) is 18.2 Å². The van der Waals surface area contributed by atoms with Gasteiger partial charge in [0.15, 0.2) is 12.3 Å². The second-order valence-electron chi connectivity index (χ2n) is 9.99. The van der Waals surface area contributed by atoms with E-state index in [0.717, 1.165) is 56.4 Å². The Bertz CT molecular complexity index is 1260. The van der Waals surface area contributed by atoms with Crippen LogP contribution in [-0.2, 0) is 22.6 Å². The Morgan fingerprint density at radius 2 is 1.97 bits per heavy atom. The van der Waals surface area contributed by atoms with Crippen LogP contribution in [0.4, 0.5) is 0 Å². The number of hydrogen-bond acceptors (Lipinski definition) is 6. The van der Waals surface area contributed by atoms with Crippen LogP contribution in [0.25, 0.3) is 0 Å². The van der Waals surface area contributed by atoms with Crippen LogP contribution in [0.3, 0.4) is 0 Å². The van der Waals surface area contributed by atoms with E-state index in [-0.39, 0.29) is 42.2 Å². The number of rotatable bonds is 8. The highest BCUT2D eigenvalue weighted by molar-refractivity contribution is 5.91. The molecule has 1 aliphatic carbocycles. The maximum absolute atomic E-state index is 13.2. The SMILES string of the molecule is O=C(NCC1CCCO1)c1coc(COc2ccc3c(c2)C(c2ccccc2)N(C(=O)C2CC2)CC3)n1. The molecule has 1 saturated heterocycles. The lowest BCUT2D eigenvalue weighted by Gasteiger charge is -2.38. The topological polar surface area (TPSA) is 93.9 Å². The average molecular weight is 502 g/mol. The standard InChI is InChI=1S/C29H31N3O5/c33-28(30-16-23-7-4-14-35-23)25-17-37-26(31-25)18-36-22-11-10-19-12-13-32(29(34)21-8-9-21)27(24(19)15-22)20-5-2-1-3-6-20/h1-3,5-6,10-11,15,17,21,23,27H,4,7-9,12-14,16,18H2,(H,30,33). The van der Waals surface area contributed by atoms with Gasteiger partial charge in [-0.05, 0) is 60.9 Å². The average Bonchev–Trinajstić information content (AvgIpc) is 3.44. The minimum absolute atomic E-state index is 0.0675. The molecule has 0 spiro atoms. The van der Waals surface area contributed by atoms with Gasteiger partial charge in [0.05, 0.1) is 12.1 Å². The largest absolute Gasteiger partial charge is 0.484 e. The van der Waals surface area contributed by atoms with E-state index < -0.39 is 0 Å². The minimum atomic E-state index is -0.287. The fourth-order valence-electron chi connectivity index (χ4n) is 5.21. The summed E-state index contributed by atoms with van der Waals surface area (Å²) in [5.74, 6) is 1.11. The van der Waals surface area contributed by atoms with E-state index in [1.807, 2.05) is 35.2 Å². The molecular formula is C29H31N3O5. The van der Waals surface area contributed by atoms with Crippen molar-refractivity contribution >= 4 is 11.8 Å². The number of carbonyl (C=O) groups excluding carboxylic acids is 2. The van der Waals surface area contributed by atoms with Gasteiger partial charge in [-0.1, -0.05) is 36.4 Å². The first-order valence-electron chi connectivity index (χ1n) is 13.1. The van der Waals surface area contributed by atoms with Gasteiger partial charge in [0.1, 0.15) is 12.0 Å². The predicted octanol–water partition coefficient (Wildman–Crippen LogP) is 4.05. The third-order valence-corrected chi connectivity index (χ3v) is 7.33. The molecule has 8 heteroatoms. The summed E-state index contributed by atoms with van der Waals surface area (Å²) < 4.78 is 17.0. The zero-order valence-electron chi connectivity index (χ0n) is 20.7. The Kier molecular flexibility index (Phi) is 6.66. The quantitative estimate of drug-likeness (QED) is 0.501. The van der Waals surface area contributed by atoms with Crippen LogP contribution in [0.1, 0.15) is 64.8 Å². The van der Waals surface area contributed by atoms with E-state index >= 15 is 0 Å². The van der Waals surface area contributed by atoms with Crippen LogP contribution in [0.2, 0.25) is 0 Å². The van der Waals surface area contributed by atoms with Crippen molar-refractivity contribution in [3.05, 3.63) is 83.1 Å². The number of nitrogens with zero attached hydrogens (tertiary/aromatic N) is 2. The van der Waals surface area contributed by atoms with E-state index in [1.165, 1.54) is 11.8 Å². The second-order valence-corrected chi connectivity index (χ2v) is 9.99. The van der Waals surface area contributed by atoms with Crippen molar-refractivity contribution in [2.75, 3.05) is 19.7 Å². The van der Waals surface area contributed by atoms with Gasteiger partial charge in [0.2, 0.25) is 11.8 Å². The van der Waals surface area contributed by atoms with Crippen molar-refractivity contribution in [2.24, 2.45) is 5.92 Å². The summed E-state index contributed by atoms with van der Waals surface area (Å²) in [6.07, 6.45) is 6.18. The number of oxazole rings is 1. The fraction of sp³-hybridized carbons (Fsp3) is 0.414. The summed E-state index contributed by atoms with van der Waals surface area (Å²) in [5.41, 5.74) is 3.63. The molecule has 0 radical (unpaired) electrons. The summed E-state index contributed by atoms with van der Waals surface area (Å²) in [6.45, 7) is 2.03. The molecule has 1 N–H and O–H groups in total. The molecule has 2 atom stereocenters. The lowest BCUT2D eigenvalue weighted by molar-refractivity contribution is -0.134. The summed E-state index contributed by atoms with van der Waals surface area (Å²) in [6, 6.07) is 16.1. The van der Waals surface area contributed by atoms with Gasteiger partial charge in [-0.2, -0.15) is 0 Å². The van der Waals surface area contributed by atoms with Gasteiger partial charge < -0.3 is 24.1 Å². The van der Waals surface area contributed by atoms with Gasteiger partial charge in [-0.25, -0.2) is 4.98 Å². The molecule has 2 aliphatic heterocycles. The lowest BCUT2D eigenvalue weighted by Crippen LogP contribution is -2.41. The monoisotopic (exact) mass is 501 g/mol. The second kappa shape index (κ2) is 10.4. The summed E-state index contributed by atoms with van der Waals surface area (Å²) >= 11 is 0. The molecule has 2 unspecified atom stereocenters. The smallest absolute Gasteiger partial charge is 0.273 e. The maximum Gasteiger partial charge on any atom is 0.273 e. The Balaban J connectivity index is 1.15. The highest BCUT2D eigenvalue weighted by atomic mass is 16.5. The number of benzene rings is 2. The Labute approximate surface area is 216 Å². The van der Waals surface area contributed by atoms with Gasteiger partial charge in [-0.15, -0.1) is 0 Å². The zero-order chi connectivity index (χ0) is 25.2. The number of nitrogens with one attached hydrogen (secondary N) is 1. The van der Waals surface area contributed by atoms with Gasteiger partial charge >= 0.3 is 0 Å². The van der Waals surface area contributed by atoms with E-state index in [2.05, 4.69) is 28.5 Å². The molecule has 2 fully saturated rings. The number of carbonyl (C=O) groups is 2. The molecule has 2 amide bonds. The van der Waals surface area contributed by atoms with Crippen molar-refractivity contribution < 1.29 is 23.5 Å². The Morgan fingerprint density at radius 1 is 1.11 bits per heavy atom. The molecule has 37 heavy (non-hydrogen) atoms. The molecule has 192 valence electrons. The molecule has 3 heterocycles. The zero-order valence-corrected chi connectivity index (χ0v) is 20.7. The first-order chi connectivity index (χ1) is 18.2. The lowest BCUT2D eigenvalue weighted by atomic mass is 9.87. The maximum atomic E-state index is 13.2. The van der Waals surface area contributed by atoms with Crippen molar-refractivity contribution in [2.45, 2.75) is 50.9 Å². The molecule has 6 rings (SSSR count). The van der Waals surface area contributed by atoms with Crippen LogP contribution in [0, 0.1) is 5.92 Å². The van der Waals surface area contributed by atoms with Crippen LogP contribution < -0.4 is 10.1 Å². The summed E-state index contributed by atoms with van der Waals surface area (Å²) in [7, 11) is 0. The Hall–Kier alpha value is -3.65. The Morgan fingerprint density at radius 3 is 2.76 bits per heavy atom. The number of ether oxygens (including phenoxy) is 2. The third-order valence-electron chi connectivity index (χ3n) is 7.33. The molecule has 8 nitrogen and oxygen atoms in total. The van der Waals surface area contributed by atoms with Crippen molar-refractivity contribution in [1.29, 1.82) is 0 Å². The summed E-state index contributed by atoms with van der Waals surface area (Å²) in [5, 5.41) is 2.85. The summed E-state index contributed by atoms with van der Waals surface area (Å²) in [4.78, 5) is 31.9. The minimum Gasteiger partial charge on any atom is -0.484 e. The van der Waals surface area contributed by atoms with Crippen LogP contribution >= 0.6 is 0 Å². The molecule has 3 aliphatic rings. The van der Waals surface area contributed by atoms with Crippen LogP contribution in [0.5, 0.6) is 5.75 Å². The first-order valence-corrected chi connectivity index (χ1v) is 13.1. The van der Waals surface area contributed by atoms with Gasteiger partial charge in [-0.3, -0.25) is 9.59 Å². The number of amides is 2. The molecular weight excluding hydrogens is 470 g/mol. The van der Waals surface area contributed by atoms with Crippen LogP contribution in [0.15, 0.2) is 59.2 Å². The predicted molar refractivity (Wildman–Crippen MR) is 135 cm³/mol. The van der Waals surface area contributed by atoms with E-state index in [9.17, 15) is 9.59 Å². The number of hydrogen-bond donors (Lipinski definition) is 1. The van der Waals surface area contributed by atoms with Crippen molar-refractivity contribution in [1.82, 2.24) is 15.2 Å². The van der Waals surface area contributed by atoms with Crippen molar-refractivity contribution in [3.8, 4) is 5.75 Å². The number of aromatic nitrogens is 1. The van der Waals surface area contributed by atoms with E-state index in [4.69, 9.17) is 13.9 Å². The molecule has 1 saturated carbocycles. The fourth-order valence-corrected chi connectivity index (χ4v) is 5.21. The first kappa shape index (κ1) is 23.7. The highest BCUT2D eigenvalue weighted by Gasteiger charge is 2.39. The van der Waals surface area contributed by atoms with Gasteiger partial charge in [0.25, 0.3) is 5.91 Å². The van der Waals surface area contributed by atoms with Gasteiger partial charge in [0, 0.05) is 25.6 Å². The van der Waals surface area contributed by atoms with Crippen LogP contribution in [-0.4, -0.2) is 47.5 Å². The molecule has 1 aromatic heterocycles.